The van der Waals surface area contributed by atoms with Crippen molar-refractivity contribution in [2.24, 2.45) is 0 Å². The third kappa shape index (κ3) is 4.06. The van der Waals surface area contributed by atoms with Crippen LogP contribution >= 0.6 is 15.9 Å². The van der Waals surface area contributed by atoms with Gasteiger partial charge < -0.3 is 10.1 Å². The van der Waals surface area contributed by atoms with Gasteiger partial charge in [-0.05, 0) is 68.1 Å². The summed E-state index contributed by atoms with van der Waals surface area (Å²) in [6.07, 6.45) is 5.58. The Bertz CT molecular complexity index is 738. The molecule has 2 heterocycles. The smallest absolute Gasteiger partial charge is 0.407 e. The topological polar surface area (TPSA) is 68.5 Å². The number of alkyl carbamates (subject to hydrolysis) is 1. The monoisotopic (exact) mass is 394 g/mol. The zero-order valence-electron chi connectivity index (χ0n) is 14.3. The van der Waals surface area contributed by atoms with E-state index in [9.17, 15) is 4.79 Å². The zero-order valence-corrected chi connectivity index (χ0v) is 15.8. The maximum atomic E-state index is 12.0. The van der Waals surface area contributed by atoms with Crippen LogP contribution in [0.3, 0.4) is 0 Å². The molecule has 0 spiro atoms. The molecule has 0 bridgehead atoms. The van der Waals surface area contributed by atoms with Crippen LogP contribution in [0.15, 0.2) is 22.8 Å². The molecule has 3 rings (SSSR count). The van der Waals surface area contributed by atoms with E-state index in [1.54, 1.807) is 0 Å². The first-order chi connectivity index (χ1) is 11.3. The lowest BCUT2D eigenvalue weighted by atomic mass is 9.85. The van der Waals surface area contributed by atoms with Gasteiger partial charge in [0.2, 0.25) is 0 Å². The van der Waals surface area contributed by atoms with Crippen molar-refractivity contribution in [1.82, 2.24) is 19.9 Å². The Kier molecular flexibility index (Phi) is 4.80. The highest BCUT2D eigenvalue weighted by Crippen LogP contribution is 2.32. The fraction of sp³-hybridized carbons (Fsp3) is 0.588. The van der Waals surface area contributed by atoms with Crippen molar-refractivity contribution in [2.45, 2.75) is 64.0 Å². The first-order valence-electron chi connectivity index (χ1n) is 8.31. The van der Waals surface area contributed by atoms with Crippen LogP contribution < -0.4 is 5.32 Å². The quantitative estimate of drug-likeness (QED) is 0.833. The molecule has 1 amide bonds. The van der Waals surface area contributed by atoms with E-state index in [-0.39, 0.29) is 18.1 Å². The number of hydrogen-bond donors (Lipinski definition) is 1. The highest BCUT2D eigenvalue weighted by molar-refractivity contribution is 9.10. The number of pyridine rings is 1. The number of aromatic nitrogens is 3. The Labute approximate surface area is 150 Å². The molecule has 2 aromatic heterocycles. The standard InChI is InChI=1S/C17H23BrN4O2/c1-17(2,3)24-16(23)19-13-6-4-5-11(9-13)15-21-20-14-8-7-12(18)10-22(14)15/h7-8,10-11,13H,4-6,9H2,1-3H3,(H,19,23)/t11-,13+/m0/s1. The number of nitrogens with one attached hydrogen (secondary N) is 1. The molecule has 24 heavy (non-hydrogen) atoms. The summed E-state index contributed by atoms with van der Waals surface area (Å²) in [7, 11) is 0. The van der Waals surface area contributed by atoms with Crippen LogP contribution in [0.2, 0.25) is 0 Å². The molecule has 0 saturated heterocycles. The van der Waals surface area contributed by atoms with Gasteiger partial charge in [-0.25, -0.2) is 4.79 Å². The number of halogens is 1. The molecule has 1 aliphatic carbocycles. The summed E-state index contributed by atoms with van der Waals surface area (Å²) in [5.74, 6) is 1.24. The highest BCUT2D eigenvalue weighted by Gasteiger charge is 2.28. The molecule has 0 unspecified atom stereocenters. The van der Waals surface area contributed by atoms with Crippen LogP contribution in [-0.2, 0) is 4.74 Å². The second-order valence-corrected chi connectivity index (χ2v) is 8.26. The van der Waals surface area contributed by atoms with E-state index in [0.29, 0.717) is 0 Å². The molecular weight excluding hydrogens is 372 g/mol. The number of hydrogen-bond acceptors (Lipinski definition) is 4. The third-order valence-electron chi connectivity index (χ3n) is 4.15. The summed E-state index contributed by atoms with van der Waals surface area (Å²) >= 11 is 3.50. The summed E-state index contributed by atoms with van der Waals surface area (Å²) in [5.41, 5.74) is 0.364. The van der Waals surface area contributed by atoms with Crippen molar-refractivity contribution in [3.8, 4) is 0 Å². The van der Waals surface area contributed by atoms with Gasteiger partial charge in [-0.15, -0.1) is 10.2 Å². The van der Waals surface area contributed by atoms with Crippen molar-refractivity contribution in [3.63, 3.8) is 0 Å². The van der Waals surface area contributed by atoms with Crippen LogP contribution in [0.25, 0.3) is 5.65 Å². The van der Waals surface area contributed by atoms with Crippen LogP contribution in [0.5, 0.6) is 0 Å². The summed E-state index contributed by atoms with van der Waals surface area (Å²) in [5, 5.41) is 11.6. The molecule has 130 valence electrons. The molecule has 7 heteroatoms. The number of carbonyl (C=O) groups excluding carboxylic acids is 1. The van der Waals surface area contributed by atoms with Crippen LogP contribution in [-0.4, -0.2) is 32.3 Å². The lowest BCUT2D eigenvalue weighted by Gasteiger charge is -2.30. The van der Waals surface area contributed by atoms with Gasteiger partial charge in [0.1, 0.15) is 11.4 Å². The van der Waals surface area contributed by atoms with E-state index in [1.807, 2.05) is 43.5 Å². The first kappa shape index (κ1) is 17.2. The predicted octanol–water partition coefficient (Wildman–Crippen LogP) is 4.04. The van der Waals surface area contributed by atoms with E-state index in [4.69, 9.17) is 4.74 Å². The number of ether oxygens (including phenoxy) is 1. The summed E-state index contributed by atoms with van der Waals surface area (Å²) in [4.78, 5) is 12.0. The van der Waals surface area contributed by atoms with Gasteiger partial charge in [-0.3, -0.25) is 4.40 Å². The highest BCUT2D eigenvalue weighted by atomic mass is 79.9. The number of rotatable bonds is 2. The molecule has 0 radical (unpaired) electrons. The van der Waals surface area contributed by atoms with Crippen molar-refractivity contribution >= 4 is 27.7 Å². The second kappa shape index (κ2) is 6.70. The Hall–Kier alpha value is -1.63. The average molecular weight is 395 g/mol. The van der Waals surface area contributed by atoms with Crippen molar-refractivity contribution < 1.29 is 9.53 Å². The molecule has 0 aliphatic heterocycles. The first-order valence-corrected chi connectivity index (χ1v) is 9.11. The largest absolute Gasteiger partial charge is 0.444 e. The molecule has 2 aromatic rings. The van der Waals surface area contributed by atoms with E-state index >= 15 is 0 Å². The molecular formula is C17H23BrN4O2. The molecule has 2 atom stereocenters. The van der Waals surface area contributed by atoms with E-state index in [0.717, 1.165) is 41.6 Å². The van der Waals surface area contributed by atoms with Gasteiger partial charge in [0, 0.05) is 22.6 Å². The van der Waals surface area contributed by atoms with Crippen molar-refractivity contribution in [1.29, 1.82) is 0 Å². The predicted molar refractivity (Wildman–Crippen MR) is 95.1 cm³/mol. The van der Waals surface area contributed by atoms with Crippen LogP contribution in [0, 0.1) is 0 Å². The van der Waals surface area contributed by atoms with Gasteiger partial charge in [0.25, 0.3) is 0 Å². The van der Waals surface area contributed by atoms with Gasteiger partial charge in [0.05, 0.1) is 0 Å². The fourth-order valence-corrected chi connectivity index (χ4v) is 3.53. The fourth-order valence-electron chi connectivity index (χ4n) is 3.19. The van der Waals surface area contributed by atoms with Crippen LogP contribution in [0.4, 0.5) is 4.79 Å². The molecule has 1 N–H and O–H groups in total. The number of nitrogens with zero attached hydrogens (tertiary/aromatic N) is 3. The number of carbonyl (C=O) groups is 1. The van der Waals surface area contributed by atoms with Gasteiger partial charge in [-0.1, -0.05) is 6.42 Å². The van der Waals surface area contributed by atoms with Crippen molar-refractivity contribution in [3.05, 3.63) is 28.6 Å². The lowest BCUT2D eigenvalue weighted by Crippen LogP contribution is -2.41. The summed E-state index contributed by atoms with van der Waals surface area (Å²) in [6, 6.07) is 4.01. The van der Waals surface area contributed by atoms with E-state index < -0.39 is 5.60 Å². The summed E-state index contributed by atoms with van der Waals surface area (Å²) in [6.45, 7) is 5.61. The minimum absolute atomic E-state index is 0.109. The third-order valence-corrected chi connectivity index (χ3v) is 4.62. The molecule has 1 fully saturated rings. The van der Waals surface area contributed by atoms with Crippen molar-refractivity contribution in [2.75, 3.05) is 0 Å². The Morgan fingerprint density at radius 3 is 2.88 bits per heavy atom. The minimum Gasteiger partial charge on any atom is -0.444 e. The maximum absolute atomic E-state index is 12.0. The molecule has 6 nitrogen and oxygen atoms in total. The van der Waals surface area contributed by atoms with Gasteiger partial charge >= 0.3 is 6.09 Å². The van der Waals surface area contributed by atoms with Crippen LogP contribution in [0.1, 0.15) is 58.2 Å². The van der Waals surface area contributed by atoms with Gasteiger partial charge in [0.15, 0.2) is 5.65 Å². The Balaban J connectivity index is 1.71. The van der Waals surface area contributed by atoms with E-state index in [2.05, 4.69) is 31.4 Å². The molecule has 1 saturated carbocycles. The molecule has 1 aliphatic rings. The Morgan fingerprint density at radius 2 is 2.12 bits per heavy atom. The number of fused-ring (bicyclic) bond motifs is 1. The zero-order chi connectivity index (χ0) is 17.3. The summed E-state index contributed by atoms with van der Waals surface area (Å²) < 4.78 is 8.39. The maximum Gasteiger partial charge on any atom is 0.407 e. The Morgan fingerprint density at radius 1 is 1.33 bits per heavy atom. The van der Waals surface area contributed by atoms with E-state index in [1.165, 1.54) is 0 Å². The SMILES string of the molecule is CC(C)(C)OC(=O)N[C@@H]1CCC[C@H](c2nnc3ccc(Br)cn23)C1. The lowest BCUT2D eigenvalue weighted by molar-refractivity contribution is 0.0490. The number of amides is 1. The molecule has 0 aromatic carbocycles. The van der Waals surface area contributed by atoms with Gasteiger partial charge in [-0.2, -0.15) is 0 Å². The second-order valence-electron chi connectivity index (χ2n) is 7.34. The normalized spacial score (nSPS) is 21.7. The minimum atomic E-state index is -0.479. The average Bonchev–Trinajstić information content (AvgIpc) is 2.88.